The van der Waals surface area contributed by atoms with Crippen LogP contribution < -0.4 is 14.8 Å². The van der Waals surface area contributed by atoms with Gasteiger partial charge in [-0.25, -0.2) is 9.97 Å². The van der Waals surface area contributed by atoms with Gasteiger partial charge < -0.3 is 14.8 Å². The molecule has 31 heavy (non-hydrogen) atoms. The molecule has 2 aliphatic heterocycles. The van der Waals surface area contributed by atoms with Crippen molar-refractivity contribution in [3.63, 3.8) is 0 Å². The first-order valence-electron chi connectivity index (χ1n) is 10.1. The second kappa shape index (κ2) is 9.09. The highest BCUT2D eigenvalue weighted by Gasteiger charge is 2.32. The predicted molar refractivity (Wildman–Crippen MR) is 117 cm³/mol. The van der Waals surface area contributed by atoms with Crippen LogP contribution in [0, 0.1) is 0 Å². The van der Waals surface area contributed by atoms with Crippen molar-refractivity contribution in [2.75, 3.05) is 18.7 Å². The number of fused-ring (bicyclic) bond motifs is 1. The third kappa shape index (κ3) is 4.34. The van der Waals surface area contributed by atoms with Crippen LogP contribution in [0.5, 0.6) is 11.5 Å². The van der Waals surface area contributed by atoms with Gasteiger partial charge in [-0.15, -0.1) is 0 Å². The number of likely N-dealkylation sites (tertiary alicyclic amines) is 1. The number of carbonyl (C=O) groups is 1. The monoisotopic (exact) mass is 424 g/mol. The van der Waals surface area contributed by atoms with Crippen molar-refractivity contribution in [3.05, 3.63) is 66.5 Å². The summed E-state index contributed by atoms with van der Waals surface area (Å²) in [5.74, 6) is 2.25. The van der Waals surface area contributed by atoms with Crippen LogP contribution in [0.15, 0.2) is 60.9 Å². The highest BCUT2D eigenvalue weighted by atomic mass is 19.0. The molecule has 1 atom stereocenters. The number of carbonyl (C=O) groups excluding carboxylic acids is 1. The zero-order valence-electron chi connectivity index (χ0n) is 16.9. The number of hydrogen-bond acceptors (Lipinski definition) is 6. The largest absolute Gasteiger partial charge is 0.454 e. The normalized spacial score (nSPS) is 17.2. The first kappa shape index (κ1) is 20.7. The molecule has 0 unspecified atom stereocenters. The molecule has 1 aromatic heterocycles. The highest BCUT2D eigenvalue weighted by Crippen LogP contribution is 2.37. The van der Waals surface area contributed by atoms with Gasteiger partial charge in [0.2, 0.25) is 12.7 Å². The fourth-order valence-electron chi connectivity index (χ4n) is 4.02. The van der Waals surface area contributed by atoms with Crippen molar-refractivity contribution >= 4 is 11.6 Å². The number of nitrogens with zero attached hydrogens (tertiary/aromatic N) is 3. The average molecular weight is 424 g/mol. The zero-order valence-corrected chi connectivity index (χ0v) is 16.9. The summed E-state index contributed by atoms with van der Waals surface area (Å²) in [6, 6.07) is 15.1. The fraction of sp³-hybridized carbons (Fsp3) is 0.261. The fourth-order valence-corrected chi connectivity index (χ4v) is 4.02. The van der Waals surface area contributed by atoms with Gasteiger partial charge in [-0.05, 0) is 55.8 Å². The molecule has 8 heteroatoms. The first-order chi connectivity index (χ1) is 14.8. The minimum Gasteiger partial charge on any atom is -0.454 e. The molecule has 162 valence electrons. The van der Waals surface area contributed by atoms with Gasteiger partial charge in [-0.1, -0.05) is 12.1 Å². The van der Waals surface area contributed by atoms with Gasteiger partial charge in [0.05, 0.1) is 6.04 Å². The number of ether oxygens (including phenoxy) is 2. The summed E-state index contributed by atoms with van der Waals surface area (Å²) in [6.45, 7) is 1.79. The lowest BCUT2D eigenvalue weighted by Gasteiger charge is -2.24. The summed E-state index contributed by atoms with van der Waals surface area (Å²) in [7, 11) is 0. The standard InChI is InChI=1S/C23H22N4O3.FH.H2/c28-23(26-18-9-7-16(8-10-18)22-24-11-3-12-25-22)19-5-2-13-27(19)14-17-4-1-6-20-21(17)30-15-29-20;;/h1,3-4,6-12,19H,2,5,13-15H2,(H,26,28);2*1H/t19-;;/m1../s1. The quantitative estimate of drug-likeness (QED) is 0.670. The third-order valence-electron chi connectivity index (χ3n) is 5.49. The molecule has 0 aliphatic carbocycles. The molecule has 0 bridgehead atoms. The molecule has 1 saturated heterocycles. The van der Waals surface area contributed by atoms with E-state index in [0.717, 1.165) is 47.7 Å². The molecule has 5 rings (SSSR count). The summed E-state index contributed by atoms with van der Waals surface area (Å²) >= 11 is 0. The maximum Gasteiger partial charge on any atom is 0.241 e. The molecule has 3 aromatic rings. The Kier molecular flexibility index (Phi) is 6.08. The van der Waals surface area contributed by atoms with Gasteiger partial charge in [0, 0.05) is 37.2 Å². The Labute approximate surface area is 180 Å². The van der Waals surface area contributed by atoms with Crippen LogP contribution in [0.4, 0.5) is 10.4 Å². The van der Waals surface area contributed by atoms with E-state index in [0.29, 0.717) is 12.4 Å². The molecule has 1 N–H and O–H groups in total. The van der Waals surface area contributed by atoms with Crippen LogP contribution in [0.1, 0.15) is 19.8 Å². The Morgan fingerprint density at radius 3 is 2.71 bits per heavy atom. The van der Waals surface area contributed by atoms with Crippen molar-refractivity contribution in [2.45, 2.75) is 25.4 Å². The molecular formula is C23H25FN4O3. The zero-order chi connectivity index (χ0) is 20.3. The van der Waals surface area contributed by atoms with E-state index in [2.05, 4.69) is 20.2 Å². The minimum absolute atomic E-state index is 0. The summed E-state index contributed by atoms with van der Waals surface area (Å²) in [6.07, 6.45) is 5.26. The van der Waals surface area contributed by atoms with E-state index in [1.54, 1.807) is 18.5 Å². The molecule has 0 radical (unpaired) electrons. The second-order valence-corrected chi connectivity index (χ2v) is 7.42. The maximum atomic E-state index is 13.0. The molecule has 0 saturated carbocycles. The second-order valence-electron chi connectivity index (χ2n) is 7.42. The van der Waals surface area contributed by atoms with Gasteiger partial charge >= 0.3 is 0 Å². The SMILES string of the molecule is F.O=C(Nc1ccc(-c2ncccn2)cc1)[C@H]1CCCN1Cc1cccc2c1OCO2.[HH]. The van der Waals surface area contributed by atoms with Gasteiger partial charge in [-0.2, -0.15) is 0 Å². The van der Waals surface area contributed by atoms with E-state index < -0.39 is 0 Å². The van der Waals surface area contributed by atoms with Crippen molar-refractivity contribution in [1.29, 1.82) is 0 Å². The van der Waals surface area contributed by atoms with Crippen molar-refractivity contribution in [1.82, 2.24) is 14.9 Å². The van der Waals surface area contributed by atoms with Crippen LogP contribution in [0.25, 0.3) is 11.4 Å². The molecule has 2 aromatic carbocycles. The number of para-hydroxylation sites is 1. The third-order valence-corrected chi connectivity index (χ3v) is 5.49. The number of benzene rings is 2. The molecule has 7 nitrogen and oxygen atoms in total. The summed E-state index contributed by atoms with van der Waals surface area (Å²) in [5, 5.41) is 3.05. The van der Waals surface area contributed by atoms with Crippen LogP contribution in [0.3, 0.4) is 0 Å². The molecule has 1 amide bonds. The Balaban J connectivity index is 0.00000144. The minimum atomic E-state index is -0.166. The number of rotatable bonds is 5. The number of amides is 1. The number of anilines is 1. The molecular weight excluding hydrogens is 399 g/mol. The molecule has 0 spiro atoms. The van der Waals surface area contributed by atoms with Crippen molar-refractivity contribution < 1.29 is 20.4 Å². The Hall–Kier alpha value is -3.52. The van der Waals surface area contributed by atoms with E-state index in [-0.39, 0.29) is 24.9 Å². The van der Waals surface area contributed by atoms with Crippen LogP contribution in [-0.2, 0) is 11.3 Å². The Morgan fingerprint density at radius 2 is 1.90 bits per heavy atom. The van der Waals surface area contributed by atoms with Crippen LogP contribution in [-0.4, -0.2) is 40.2 Å². The number of aromatic nitrogens is 2. The number of halogens is 1. The van der Waals surface area contributed by atoms with E-state index in [1.807, 2.05) is 42.5 Å². The first-order valence-corrected chi connectivity index (χ1v) is 10.1. The summed E-state index contributed by atoms with van der Waals surface area (Å²) in [5.41, 5.74) is 2.73. The number of nitrogens with one attached hydrogen (secondary N) is 1. The van der Waals surface area contributed by atoms with E-state index in [4.69, 9.17) is 9.47 Å². The Morgan fingerprint density at radius 1 is 1.10 bits per heavy atom. The van der Waals surface area contributed by atoms with E-state index >= 15 is 0 Å². The van der Waals surface area contributed by atoms with Gasteiger partial charge in [0.15, 0.2) is 17.3 Å². The lowest BCUT2D eigenvalue weighted by Crippen LogP contribution is -2.39. The lowest BCUT2D eigenvalue weighted by atomic mass is 10.1. The summed E-state index contributed by atoms with van der Waals surface area (Å²) in [4.78, 5) is 23.7. The maximum absolute atomic E-state index is 13.0. The molecule has 2 aliphatic rings. The van der Waals surface area contributed by atoms with Gasteiger partial charge in [0.25, 0.3) is 0 Å². The topological polar surface area (TPSA) is 76.6 Å². The van der Waals surface area contributed by atoms with Crippen molar-refractivity contribution in [3.8, 4) is 22.9 Å². The van der Waals surface area contributed by atoms with E-state index in [1.165, 1.54) is 0 Å². The van der Waals surface area contributed by atoms with E-state index in [9.17, 15) is 4.79 Å². The summed E-state index contributed by atoms with van der Waals surface area (Å²) < 4.78 is 11.1. The average Bonchev–Trinajstić information content (AvgIpc) is 3.45. The smallest absolute Gasteiger partial charge is 0.241 e. The van der Waals surface area contributed by atoms with Gasteiger partial charge in [-0.3, -0.25) is 14.4 Å². The lowest BCUT2D eigenvalue weighted by molar-refractivity contribution is -0.120. The van der Waals surface area contributed by atoms with Crippen LogP contribution >= 0.6 is 0 Å². The van der Waals surface area contributed by atoms with Gasteiger partial charge in [0.1, 0.15) is 0 Å². The van der Waals surface area contributed by atoms with Crippen molar-refractivity contribution in [2.24, 2.45) is 0 Å². The number of hydrogen-bond donors (Lipinski definition) is 1. The Bertz CT molecular complexity index is 1050. The van der Waals surface area contributed by atoms with Crippen LogP contribution in [0.2, 0.25) is 0 Å². The highest BCUT2D eigenvalue weighted by molar-refractivity contribution is 5.95. The molecule has 1 fully saturated rings. The molecule has 3 heterocycles. The predicted octanol–water partition coefficient (Wildman–Crippen LogP) is 3.87.